The highest BCUT2D eigenvalue weighted by Crippen LogP contribution is 2.38. The van der Waals surface area contributed by atoms with E-state index in [0.29, 0.717) is 19.8 Å². The molecule has 2 aliphatic rings. The summed E-state index contributed by atoms with van der Waals surface area (Å²) < 4.78 is 11.2. The first kappa shape index (κ1) is 14.7. The fourth-order valence-electron chi connectivity index (χ4n) is 3.27. The highest BCUT2D eigenvalue weighted by molar-refractivity contribution is 5.96. The van der Waals surface area contributed by atoms with E-state index >= 15 is 0 Å². The van der Waals surface area contributed by atoms with Crippen LogP contribution in [0.2, 0.25) is 0 Å². The fraction of sp³-hybridized carbons (Fsp3) is 0.353. The third-order valence-corrected chi connectivity index (χ3v) is 4.39. The molecule has 2 N–H and O–H groups in total. The van der Waals surface area contributed by atoms with E-state index in [9.17, 15) is 4.79 Å². The molecular formula is C17H18N4O3. The van der Waals surface area contributed by atoms with E-state index in [1.807, 2.05) is 23.1 Å². The van der Waals surface area contributed by atoms with E-state index in [0.717, 1.165) is 29.9 Å². The summed E-state index contributed by atoms with van der Waals surface area (Å²) in [6.45, 7) is 1.78. The summed E-state index contributed by atoms with van der Waals surface area (Å²) in [5.41, 5.74) is 7.05. The number of aromatic nitrogens is 2. The third-order valence-electron chi connectivity index (χ3n) is 4.39. The monoisotopic (exact) mass is 326 g/mol. The smallest absolute Gasteiger partial charge is 0.276 e. The van der Waals surface area contributed by atoms with Crippen molar-refractivity contribution < 1.29 is 14.3 Å². The lowest BCUT2D eigenvalue weighted by molar-refractivity contribution is 0.0730. The Hall–Kier alpha value is -2.83. The average molecular weight is 326 g/mol. The van der Waals surface area contributed by atoms with Crippen molar-refractivity contribution in [1.29, 1.82) is 0 Å². The van der Waals surface area contributed by atoms with Crippen molar-refractivity contribution in [1.82, 2.24) is 14.9 Å². The van der Waals surface area contributed by atoms with Crippen LogP contribution in [0.15, 0.2) is 30.6 Å². The van der Waals surface area contributed by atoms with Crippen molar-refractivity contribution in [3.8, 4) is 11.5 Å². The molecule has 1 fully saturated rings. The van der Waals surface area contributed by atoms with Gasteiger partial charge in [-0.3, -0.25) is 4.79 Å². The molecule has 0 spiro atoms. The molecule has 0 radical (unpaired) electrons. The Balaban J connectivity index is 1.63. The molecule has 1 atom stereocenters. The van der Waals surface area contributed by atoms with Crippen LogP contribution in [0.1, 0.15) is 34.9 Å². The Morgan fingerprint density at radius 2 is 1.96 bits per heavy atom. The van der Waals surface area contributed by atoms with E-state index in [-0.39, 0.29) is 23.5 Å². The summed E-state index contributed by atoms with van der Waals surface area (Å²) in [6, 6.07) is 5.84. The van der Waals surface area contributed by atoms with Gasteiger partial charge in [0.2, 0.25) is 0 Å². The number of hydrogen-bond donors (Lipinski definition) is 1. The van der Waals surface area contributed by atoms with Gasteiger partial charge in [-0.1, -0.05) is 6.07 Å². The van der Waals surface area contributed by atoms with Crippen molar-refractivity contribution in [2.75, 3.05) is 25.5 Å². The molecule has 0 bridgehead atoms. The molecule has 3 heterocycles. The Kier molecular flexibility index (Phi) is 3.68. The number of ether oxygens (including phenoxy) is 2. The standard InChI is InChI=1S/C17H18N4O3/c18-16-15(19-5-6-20-16)17(22)21-7-1-2-12(21)11-3-4-13-14(10-11)24-9-8-23-13/h3-6,10,12H,1-2,7-9H2,(H2,18,20). The molecule has 1 aromatic heterocycles. The summed E-state index contributed by atoms with van der Waals surface area (Å²) in [6.07, 6.45) is 4.80. The van der Waals surface area contributed by atoms with Crippen LogP contribution in [0.25, 0.3) is 0 Å². The maximum absolute atomic E-state index is 12.8. The predicted octanol–water partition coefficient (Wildman–Crippen LogP) is 1.81. The highest BCUT2D eigenvalue weighted by Gasteiger charge is 2.33. The van der Waals surface area contributed by atoms with Crippen LogP contribution >= 0.6 is 0 Å². The quantitative estimate of drug-likeness (QED) is 0.905. The number of nitrogen functional groups attached to an aromatic ring is 1. The van der Waals surface area contributed by atoms with Crippen LogP contribution in [0.5, 0.6) is 11.5 Å². The van der Waals surface area contributed by atoms with E-state index in [1.54, 1.807) is 0 Å². The normalized spacial score (nSPS) is 19.3. The third kappa shape index (κ3) is 2.51. The second-order valence-electron chi connectivity index (χ2n) is 5.85. The van der Waals surface area contributed by atoms with Gasteiger partial charge >= 0.3 is 0 Å². The van der Waals surface area contributed by atoms with Crippen LogP contribution in [-0.4, -0.2) is 40.5 Å². The largest absolute Gasteiger partial charge is 0.486 e. The molecule has 1 saturated heterocycles. The SMILES string of the molecule is Nc1nccnc1C(=O)N1CCCC1c1ccc2c(c1)OCCO2. The molecular weight excluding hydrogens is 308 g/mol. The predicted molar refractivity (Wildman–Crippen MR) is 86.9 cm³/mol. The molecule has 1 amide bonds. The lowest BCUT2D eigenvalue weighted by Gasteiger charge is -2.26. The van der Waals surface area contributed by atoms with Gasteiger partial charge in [0.25, 0.3) is 5.91 Å². The van der Waals surface area contributed by atoms with Gasteiger partial charge in [0.1, 0.15) is 13.2 Å². The molecule has 0 aliphatic carbocycles. The number of benzene rings is 1. The van der Waals surface area contributed by atoms with Gasteiger partial charge in [-0.15, -0.1) is 0 Å². The molecule has 7 nitrogen and oxygen atoms in total. The van der Waals surface area contributed by atoms with Crippen LogP contribution < -0.4 is 15.2 Å². The molecule has 1 aromatic carbocycles. The first-order chi connectivity index (χ1) is 11.7. The molecule has 4 rings (SSSR count). The average Bonchev–Trinajstić information content (AvgIpc) is 3.11. The Morgan fingerprint density at radius 3 is 2.79 bits per heavy atom. The van der Waals surface area contributed by atoms with Gasteiger partial charge < -0.3 is 20.1 Å². The lowest BCUT2D eigenvalue weighted by Crippen LogP contribution is -2.32. The second kappa shape index (κ2) is 5.99. The van der Waals surface area contributed by atoms with Crippen LogP contribution in [0.3, 0.4) is 0 Å². The topological polar surface area (TPSA) is 90.6 Å². The number of fused-ring (bicyclic) bond motifs is 1. The first-order valence-corrected chi connectivity index (χ1v) is 8.01. The zero-order valence-corrected chi connectivity index (χ0v) is 13.1. The van der Waals surface area contributed by atoms with Gasteiger partial charge in [0.05, 0.1) is 6.04 Å². The van der Waals surface area contributed by atoms with Crippen LogP contribution in [0.4, 0.5) is 5.82 Å². The maximum atomic E-state index is 12.8. The summed E-state index contributed by atoms with van der Waals surface area (Å²) in [5, 5.41) is 0. The molecule has 7 heteroatoms. The Morgan fingerprint density at radius 1 is 1.17 bits per heavy atom. The summed E-state index contributed by atoms with van der Waals surface area (Å²) in [4.78, 5) is 22.7. The summed E-state index contributed by atoms with van der Waals surface area (Å²) in [5.74, 6) is 1.46. The minimum Gasteiger partial charge on any atom is -0.486 e. The van der Waals surface area contributed by atoms with Crippen molar-refractivity contribution in [2.45, 2.75) is 18.9 Å². The number of anilines is 1. The Labute approximate surface area is 139 Å². The highest BCUT2D eigenvalue weighted by atomic mass is 16.6. The van der Waals surface area contributed by atoms with E-state index in [2.05, 4.69) is 9.97 Å². The number of hydrogen-bond acceptors (Lipinski definition) is 6. The van der Waals surface area contributed by atoms with E-state index in [4.69, 9.17) is 15.2 Å². The number of carbonyl (C=O) groups excluding carboxylic acids is 1. The molecule has 2 aliphatic heterocycles. The molecule has 24 heavy (non-hydrogen) atoms. The number of rotatable bonds is 2. The van der Waals surface area contributed by atoms with Crippen molar-refractivity contribution >= 4 is 11.7 Å². The number of nitrogens with zero attached hydrogens (tertiary/aromatic N) is 3. The molecule has 2 aromatic rings. The summed E-state index contributed by atoms with van der Waals surface area (Å²) >= 11 is 0. The van der Waals surface area contributed by atoms with Gasteiger partial charge in [0.15, 0.2) is 23.0 Å². The zero-order chi connectivity index (χ0) is 16.5. The van der Waals surface area contributed by atoms with Gasteiger partial charge in [-0.2, -0.15) is 0 Å². The Bertz CT molecular complexity index is 780. The summed E-state index contributed by atoms with van der Waals surface area (Å²) in [7, 11) is 0. The van der Waals surface area contributed by atoms with Crippen molar-refractivity contribution in [3.63, 3.8) is 0 Å². The lowest BCUT2D eigenvalue weighted by atomic mass is 10.0. The zero-order valence-electron chi connectivity index (χ0n) is 13.1. The van der Waals surface area contributed by atoms with E-state index < -0.39 is 0 Å². The van der Waals surface area contributed by atoms with Crippen molar-refractivity contribution in [3.05, 3.63) is 41.9 Å². The molecule has 0 saturated carbocycles. The first-order valence-electron chi connectivity index (χ1n) is 8.01. The minimum absolute atomic E-state index is 0.0188. The fourth-order valence-corrected chi connectivity index (χ4v) is 3.27. The number of nitrogens with two attached hydrogens (primary N) is 1. The minimum atomic E-state index is -0.182. The van der Waals surface area contributed by atoms with Gasteiger partial charge in [0, 0.05) is 18.9 Å². The molecule has 124 valence electrons. The molecule has 1 unspecified atom stereocenters. The van der Waals surface area contributed by atoms with Gasteiger partial charge in [-0.25, -0.2) is 9.97 Å². The second-order valence-corrected chi connectivity index (χ2v) is 5.85. The van der Waals surface area contributed by atoms with Crippen LogP contribution in [0, 0.1) is 0 Å². The van der Waals surface area contributed by atoms with Crippen molar-refractivity contribution in [2.24, 2.45) is 0 Å². The maximum Gasteiger partial charge on any atom is 0.276 e. The van der Waals surface area contributed by atoms with Gasteiger partial charge in [-0.05, 0) is 30.5 Å². The van der Waals surface area contributed by atoms with Crippen LogP contribution in [-0.2, 0) is 0 Å². The number of likely N-dealkylation sites (tertiary alicyclic amines) is 1. The number of carbonyl (C=O) groups is 1. The number of amides is 1. The van der Waals surface area contributed by atoms with E-state index in [1.165, 1.54) is 12.4 Å².